The first kappa shape index (κ1) is 18.3. The van der Waals surface area contributed by atoms with Crippen LogP contribution < -0.4 is 0 Å². The topological polar surface area (TPSA) is 46.5 Å². The molecule has 0 amide bonds. The summed E-state index contributed by atoms with van der Waals surface area (Å²) in [6, 6.07) is 0. The molecule has 0 bridgehead atoms. The molecular formula is C23H34O3. The molecule has 3 saturated carbocycles. The second-order valence-electron chi connectivity index (χ2n) is 9.51. The normalized spacial score (nSPS) is 46.2. The first-order chi connectivity index (χ1) is 12.3. The van der Waals surface area contributed by atoms with Crippen LogP contribution in [0.15, 0.2) is 23.3 Å². The molecule has 0 heterocycles. The SMILES string of the molecule is CCOC(=O)C=C1CCC2(O)[C@@H]3CCC4=CCCC[C@]4(C)[C@H]3CC[C@]12C. The van der Waals surface area contributed by atoms with E-state index >= 15 is 0 Å². The third kappa shape index (κ3) is 2.38. The van der Waals surface area contributed by atoms with Gasteiger partial charge in [-0.15, -0.1) is 0 Å². The molecule has 3 nitrogen and oxygen atoms in total. The van der Waals surface area contributed by atoms with Crippen molar-refractivity contribution in [1.82, 2.24) is 0 Å². The van der Waals surface area contributed by atoms with Gasteiger partial charge in [0.05, 0.1) is 12.2 Å². The maximum absolute atomic E-state index is 12.1. The van der Waals surface area contributed by atoms with E-state index in [9.17, 15) is 9.90 Å². The lowest BCUT2D eigenvalue weighted by molar-refractivity contribution is -0.164. The van der Waals surface area contributed by atoms with Crippen molar-refractivity contribution in [2.75, 3.05) is 6.61 Å². The fourth-order valence-electron chi connectivity index (χ4n) is 7.13. The van der Waals surface area contributed by atoms with Crippen LogP contribution in [0.5, 0.6) is 0 Å². The number of hydrogen-bond acceptors (Lipinski definition) is 3. The number of fused-ring (bicyclic) bond motifs is 5. The quantitative estimate of drug-likeness (QED) is 0.432. The Morgan fingerprint density at radius 2 is 2.04 bits per heavy atom. The molecule has 0 aliphatic heterocycles. The summed E-state index contributed by atoms with van der Waals surface area (Å²) in [5, 5.41) is 12.0. The van der Waals surface area contributed by atoms with Crippen LogP contribution in [0.2, 0.25) is 0 Å². The van der Waals surface area contributed by atoms with Crippen LogP contribution in [0.1, 0.15) is 78.6 Å². The van der Waals surface area contributed by atoms with E-state index in [1.54, 1.807) is 11.6 Å². The molecule has 4 aliphatic carbocycles. The Morgan fingerprint density at radius 1 is 1.23 bits per heavy atom. The van der Waals surface area contributed by atoms with Gasteiger partial charge in [0.25, 0.3) is 0 Å². The number of allylic oxidation sites excluding steroid dienone is 2. The highest BCUT2D eigenvalue weighted by molar-refractivity contribution is 5.83. The van der Waals surface area contributed by atoms with Crippen LogP contribution in [0.3, 0.4) is 0 Å². The number of ether oxygens (including phenoxy) is 1. The average molecular weight is 359 g/mol. The molecule has 1 N–H and O–H groups in total. The van der Waals surface area contributed by atoms with Gasteiger partial charge in [-0.25, -0.2) is 4.79 Å². The Balaban J connectivity index is 1.67. The molecule has 144 valence electrons. The number of aliphatic hydroxyl groups is 1. The number of carbonyl (C=O) groups excluding carboxylic acids is 1. The van der Waals surface area contributed by atoms with E-state index in [1.165, 1.54) is 19.3 Å². The van der Waals surface area contributed by atoms with Gasteiger partial charge in [0.2, 0.25) is 0 Å². The molecule has 5 atom stereocenters. The Labute approximate surface area is 157 Å². The number of carbonyl (C=O) groups is 1. The Bertz CT molecular complexity index is 662. The summed E-state index contributed by atoms with van der Waals surface area (Å²) in [6.07, 6.45) is 14.0. The smallest absolute Gasteiger partial charge is 0.330 e. The van der Waals surface area contributed by atoms with Crippen LogP contribution in [-0.4, -0.2) is 23.3 Å². The molecule has 0 radical (unpaired) electrons. The van der Waals surface area contributed by atoms with Crippen LogP contribution >= 0.6 is 0 Å². The minimum absolute atomic E-state index is 0.247. The van der Waals surface area contributed by atoms with Crippen LogP contribution in [0, 0.1) is 22.7 Å². The van der Waals surface area contributed by atoms with Crippen molar-refractivity contribution < 1.29 is 14.6 Å². The van der Waals surface area contributed by atoms with Crippen molar-refractivity contribution in [3.8, 4) is 0 Å². The predicted octanol–water partition coefficient (Wildman–Crippen LogP) is 4.94. The molecule has 0 aromatic heterocycles. The predicted molar refractivity (Wildman–Crippen MR) is 102 cm³/mol. The van der Waals surface area contributed by atoms with Gasteiger partial charge < -0.3 is 9.84 Å². The van der Waals surface area contributed by atoms with Crippen molar-refractivity contribution in [1.29, 1.82) is 0 Å². The third-order valence-corrected chi connectivity index (χ3v) is 8.64. The van der Waals surface area contributed by atoms with Crippen molar-refractivity contribution in [2.45, 2.75) is 84.2 Å². The molecular weight excluding hydrogens is 324 g/mol. The van der Waals surface area contributed by atoms with Crippen LogP contribution in [0.4, 0.5) is 0 Å². The van der Waals surface area contributed by atoms with Gasteiger partial charge in [0.15, 0.2) is 0 Å². The van der Waals surface area contributed by atoms with Gasteiger partial charge in [-0.1, -0.05) is 31.1 Å². The average Bonchev–Trinajstić information content (AvgIpc) is 2.86. The van der Waals surface area contributed by atoms with E-state index in [0.29, 0.717) is 18.4 Å². The summed E-state index contributed by atoms with van der Waals surface area (Å²) in [7, 11) is 0. The van der Waals surface area contributed by atoms with E-state index in [0.717, 1.165) is 44.1 Å². The Kier molecular flexibility index (Phi) is 4.38. The fraction of sp³-hybridized carbons (Fsp3) is 0.783. The van der Waals surface area contributed by atoms with Gasteiger partial charge in [-0.2, -0.15) is 0 Å². The summed E-state index contributed by atoms with van der Waals surface area (Å²) < 4.78 is 5.15. The van der Waals surface area contributed by atoms with E-state index in [-0.39, 0.29) is 16.8 Å². The molecule has 4 rings (SSSR count). The van der Waals surface area contributed by atoms with E-state index in [2.05, 4.69) is 19.9 Å². The van der Waals surface area contributed by atoms with Gasteiger partial charge in [0.1, 0.15) is 0 Å². The monoisotopic (exact) mass is 358 g/mol. The van der Waals surface area contributed by atoms with Crippen molar-refractivity contribution >= 4 is 5.97 Å². The Morgan fingerprint density at radius 3 is 2.81 bits per heavy atom. The number of esters is 1. The fourth-order valence-corrected chi connectivity index (χ4v) is 7.13. The highest BCUT2D eigenvalue weighted by Crippen LogP contribution is 2.68. The lowest BCUT2D eigenvalue weighted by Gasteiger charge is -2.61. The Hall–Kier alpha value is -1.09. The molecule has 0 aromatic rings. The zero-order chi connectivity index (χ0) is 18.6. The summed E-state index contributed by atoms with van der Waals surface area (Å²) in [6.45, 7) is 6.91. The highest BCUT2D eigenvalue weighted by atomic mass is 16.5. The summed E-state index contributed by atoms with van der Waals surface area (Å²) in [4.78, 5) is 12.1. The first-order valence-electron chi connectivity index (χ1n) is 10.6. The molecule has 3 heteroatoms. The highest BCUT2D eigenvalue weighted by Gasteiger charge is 2.64. The molecule has 4 aliphatic rings. The molecule has 0 spiro atoms. The van der Waals surface area contributed by atoms with E-state index in [4.69, 9.17) is 4.74 Å². The molecule has 0 aromatic carbocycles. The van der Waals surface area contributed by atoms with Crippen molar-refractivity contribution in [2.24, 2.45) is 22.7 Å². The summed E-state index contributed by atoms with van der Waals surface area (Å²) in [5.41, 5.74) is 2.13. The van der Waals surface area contributed by atoms with Gasteiger partial charge in [-0.05, 0) is 82.0 Å². The molecule has 3 fully saturated rings. The minimum atomic E-state index is -0.666. The standard InChI is InChI=1S/C23H34O3/c1-4-26-20(24)15-17-10-14-23(25)19-9-8-16-7-5-6-12-21(16,2)18(19)11-13-22(17,23)3/h7,15,18-19,25H,4-6,8-14H2,1-3H3/t18-,19+,21-,22+,23?/m0/s1. The summed E-state index contributed by atoms with van der Waals surface area (Å²) in [5.74, 6) is 0.695. The molecule has 0 saturated heterocycles. The second kappa shape index (κ2) is 6.22. The van der Waals surface area contributed by atoms with Gasteiger partial charge >= 0.3 is 5.97 Å². The lowest BCUT2D eigenvalue weighted by atomic mass is 9.46. The second-order valence-corrected chi connectivity index (χ2v) is 9.51. The maximum Gasteiger partial charge on any atom is 0.330 e. The lowest BCUT2D eigenvalue weighted by Crippen LogP contribution is -2.59. The number of hydrogen-bond donors (Lipinski definition) is 1. The number of rotatable bonds is 2. The third-order valence-electron chi connectivity index (χ3n) is 8.64. The minimum Gasteiger partial charge on any atom is -0.463 e. The van der Waals surface area contributed by atoms with E-state index < -0.39 is 5.60 Å². The van der Waals surface area contributed by atoms with Crippen molar-refractivity contribution in [3.63, 3.8) is 0 Å². The largest absolute Gasteiger partial charge is 0.463 e. The maximum atomic E-state index is 12.1. The molecule has 26 heavy (non-hydrogen) atoms. The molecule has 1 unspecified atom stereocenters. The van der Waals surface area contributed by atoms with Gasteiger partial charge in [-0.3, -0.25) is 0 Å². The zero-order valence-electron chi connectivity index (χ0n) is 16.6. The van der Waals surface area contributed by atoms with Crippen LogP contribution in [-0.2, 0) is 9.53 Å². The van der Waals surface area contributed by atoms with Crippen molar-refractivity contribution in [3.05, 3.63) is 23.3 Å². The first-order valence-corrected chi connectivity index (χ1v) is 10.6. The van der Waals surface area contributed by atoms with Crippen LogP contribution in [0.25, 0.3) is 0 Å². The van der Waals surface area contributed by atoms with Gasteiger partial charge in [0, 0.05) is 11.5 Å². The zero-order valence-corrected chi connectivity index (χ0v) is 16.6. The van der Waals surface area contributed by atoms with E-state index in [1.807, 2.05) is 6.92 Å². The summed E-state index contributed by atoms with van der Waals surface area (Å²) >= 11 is 0.